The van der Waals surface area contributed by atoms with Crippen molar-refractivity contribution in [3.05, 3.63) is 58.6 Å². The molecule has 0 radical (unpaired) electrons. The molecule has 5 nitrogen and oxygen atoms in total. The predicted molar refractivity (Wildman–Crippen MR) is 112 cm³/mol. The van der Waals surface area contributed by atoms with Crippen LogP contribution in [0.1, 0.15) is 36.9 Å². The van der Waals surface area contributed by atoms with Gasteiger partial charge in [-0.2, -0.15) is 4.99 Å². The van der Waals surface area contributed by atoms with E-state index in [1.54, 1.807) is 6.07 Å². The predicted octanol–water partition coefficient (Wildman–Crippen LogP) is 5.17. The summed E-state index contributed by atoms with van der Waals surface area (Å²) >= 11 is 1.53. The van der Waals surface area contributed by atoms with E-state index in [4.69, 9.17) is 9.15 Å². The number of benzene rings is 2. The second kappa shape index (κ2) is 7.64. The average molecular weight is 394 g/mol. The third-order valence-corrected chi connectivity index (χ3v) is 5.74. The van der Waals surface area contributed by atoms with E-state index in [1.807, 2.05) is 25.1 Å². The molecule has 0 saturated carbocycles. The van der Waals surface area contributed by atoms with Crippen LogP contribution in [0.25, 0.3) is 21.2 Å². The molecular formula is C22H22N2O3S. The maximum absolute atomic E-state index is 12.8. The van der Waals surface area contributed by atoms with E-state index in [0.29, 0.717) is 22.7 Å². The van der Waals surface area contributed by atoms with Crippen molar-refractivity contribution in [1.29, 1.82) is 0 Å². The molecule has 2 aromatic heterocycles. The smallest absolute Gasteiger partial charge is 0.315 e. The molecule has 0 N–H and O–H groups in total. The Morgan fingerprint density at radius 1 is 1.18 bits per heavy atom. The fourth-order valence-corrected chi connectivity index (χ4v) is 4.56. The van der Waals surface area contributed by atoms with Crippen LogP contribution in [0.3, 0.4) is 0 Å². The molecule has 28 heavy (non-hydrogen) atoms. The van der Waals surface area contributed by atoms with Crippen LogP contribution in [-0.2, 0) is 13.0 Å². The van der Waals surface area contributed by atoms with Gasteiger partial charge in [0, 0.05) is 11.9 Å². The maximum atomic E-state index is 12.8. The lowest BCUT2D eigenvalue weighted by Gasteiger charge is -2.04. The van der Waals surface area contributed by atoms with E-state index in [9.17, 15) is 4.79 Å². The van der Waals surface area contributed by atoms with E-state index in [1.165, 1.54) is 16.9 Å². The van der Waals surface area contributed by atoms with Crippen LogP contribution in [0.2, 0.25) is 0 Å². The van der Waals surface area contributed by atoms with Gasteiger partial charge >= 0.3 is 5.91 Å². The molecule has 0 atom stereocenters. The highest BCUT2D eigenvalue weighted by molar-refractivity contribution is 7.16. The summed E-state index contributed by atoms with van der Waals surface area (Å²) in [4.78, 5) is 17.9. The van der Waals surface area contributed by atoms with E-state index in [2.05, 4.69) is 41.6 Å². The number of furan rings is 1. The van der Waals surface area contributed by atoms with Gasteiger partial charge in [-0.05, 0) is 44.0 Å². The number of rotatable bonds is 5. The molecule has 4 aromatic rings. The van der Waals surface area contributed by atoms with Gasteiger partial charge in [0.2, 0.25) is 0 Å². The number of hydrogen-bond acceptors (Lipinski definition) is 4. The van der Waals surface area contributed by atoms with Gasteiger partial charge in [0.15, 0.2) is 21.9 Å². The molecule has 0 bridgehead atoms. The molecule has 0 unspecified atom stereocenters. The van der Waals surface area contributed by atoms with Crippen molar-refractivity contribution in [3.63, 3.8) is 0 Å². The molecule has 0 aliphatic carbocycles. The van der Waals surface area contributed by atoms with Crippen molar-refractivity contribution in [2.24, 2.45) is 4.99 Å². The fourth-order valence-electron chi connectivity index (χ4n) is 3.42. The largest absolute Gasteiger partial charge is 0.490 e. The molecule has 0 fully saturated rings. The molecule has 1 amide bonds. The average Bonchev–Trinajstić information content (AvgIpc) is 3.29. The van der Waals surface area contributed by atoms with Gasteiger partial charge in [0.05, 0.1) is 16.8 Å². The Balaban J connectivity index is 1.82. The quantitative estimate of drug-likeness (QED) is 0.469. The van der Waals surface area contributed by atoms with E-state index < -0.39 is 0 Å². The molecule has 144 valence electrons. The first-order valence-corrected chi connectivity index (χ1v) is 10.3. The SMILES string of the molecule is CCOc1cccc2cc(C(=O)N=c3sc4cccc(CC)c4n3CC)oc12. The lowest BCUT2D eigenvalue weighted by molar-refractivity contribution is 0.0973. The van der Waals surface area contributed by atoms with E-state index in [-0.39, 0.29) is 11.7 Å². The molecule has 4 rings (SSSR count). The van der Waals surface area contributed by atoms with E-state index in [0.717, 1.165) is 28.6 Å². The van der Waals surface area contributed by atoms with Crippen molar-refractivity contribution in [2.75, 3.05) is 6.61 Å². The number of carbonyl (C=O) groups excluding carboxylic acids is 1. The molecule has 2 aromatic carbocycles. The maximum Gasteiger partial charge on any atom is 0.315 e. The minimum absolute atomic E-state index is 0.220. The van der Waals surface area contributed by atoms with Crippen molar-refractivity contribution in [2.45, 2.75) is 33.7 Å². The van der Waals surface area contributed by atoms with Crippen LogP contribution in [0.4, 0.5) is 0 Å². The third kappa shape index (κ3) is 3.14. The first-order valence-electron chi connectivity index (χ1n) is 9.51. The number of carbonyl (C=O) groups is 1. The summed E-state index contributed by atoms with van der Waals surface area (Å²) in [6.07, 6.45) is 0.936. The topological polar surface area (TPSA) is 56.7 Å². The number of nitrogens with zero attached hydrogens (tertiary/aromatic N) is 2. The third-order valence-electron chi connectivity index (χ3n) is 4.70. The molecule has 2 heterocycles. The molecule has 0 aliphatic rings. The Morgan fingerprint density at radius 3 is 2.75 bits per heavy atom. The molecule has 6 heteroatoms. The zero-order valence-electron chi connectivity index (χ0n) is 16.2. The number of amides is 1. The van der Waals surface area contributed by atoms with Gasteiger partial charge in [-0.1, -0.05) is 42.5 Å². The van der Waals surface area contributed by atoms with Crippen molar-refractivity contribution < 1.29 is 13.9 Å². The standard InChI is InChI=1S/C22H22N2O3S/c1-4-14-9-8-12-18-19(14)24(5-2)22(28-18)23-21(25)17-13-15-10-7-11-16(26-6-3)20(15)27-17/h7-13H,4-6H2,1-3H3. The molecule has 0 spiro atoms. The summed E-state index contributed by atoms with van der Waals surface area (Å²) in [7, 11) is 0. The number of hydrogen-bond donors (Lipinski definition) is 0. The monoisotopic (exact) mass is 394 g/mol. The number of para-hydroxylation sites is 2. The number of aryl methyl sites for hydroxylation is 2. The minimum Gasteiger partial charge on any atom is -0.490 e. The van der Waals surface area contributed by atoms with Gasteiger partial charge in [0.25, 0.3) is 0 Å². The van der Waals surface area contributed by atoms with Crippen LogP contribution >= 0.6 is 11.3 Å². The van der Waals surface area contributed by atoms with E-state index >= 15 is 0 Å². The Kier molecular flexibility index (Phi) is 5.05. The summed E-state index contributed by atoms with van der Waals surface area (Å²) in [5.74, 6) is 0.473. The van der Waals surface area contributed by atoms with Gasteiger partial charge in [-0.25, -0.2) is 0 Å². The number of aromatic nitrogens is 1. The lowest BCUT2D eigenvalue weighted by Crippen LogP contribution is -2.16. The zero-order valence-corrected chi connectivity index (χ0v) is 17.0. The second-order valence-corrected chi connectivity index (χ2v) is 7.39. The minimum atomic E-state index is -0.384. The van der Waals surface area contributed by atoms with Crippen LogP contribution in [0, 0.1) is 0 Å². The lowest BCUT2D eigenvalue weighted by atomic mass is 10.1. The molecular weight excluding hydrogens is 372 g/mol. The summed E-state index contributed by atoms with van der Waals surface area (Å²) in [5.41, 5.74) is 3.00. The zero-order chi connectivity index (χ0) is 19.7. The molecule has 0 saturated heterocycles. The fraction of sp³-hybridized carbons (Fsp3) is 0.273. The number of fused-ring (bicyclic) bond motifs is 2. The summed E-state index contributed by atoms with van der Waals surface area (Å²) in [6.45, 7) is 7.40. The highest BCUT2D eigenvalue weighted by Gasteiger charge is 2.16. The molecule has 0 aliphatic heterocycles. The number of ether oxygens (including phenoxy) is 1. The Hall–Kier alpha value is -2.86. The van der Waals surface area contributed by atoms with Gasteiger partial charge in [-0.3, -0.25) is 4.79 Å². The van der Waals surface area contributed by atoms with Crippen LogP contribution in [0.5, 0.6) is 5.75 Å². The normalized spacial score (nSPS) is 12.2. The van der Waals surface area contributed by atoms with Gasteiger partial charge < -0.3 is 13.7 Å². The summed E-state index contributed by atoms with van der Waals surface area (Å²) < 4.78 is 14.6. The van der Waals surface area contributed by atoms with Crippen molar-refractivity contribution in [3.8, 4) is 5.75 Å². The highest BCUT2D eigenvalue weighted by Crippen LogP contribution is 2.29. The van der Waals surface area contributed by atoms with Crippen LogP contribution < -0.4 is 9.54 Å². The first kappa shape index (κ1) is 18.5. The van der Waals surface area contributed by atoms with Crippen LogP contribution in [0.15, 0.2) is 51.9 Å². The van der Waals surface area contributed by atoms with Crippen LogP contribution in [-0.4, -0.2) is 17.1 Å². The van der Waals surface area contributed by atoms with Gasteiger partial charge in [-0.15, -0.1) is 0 Å². The van der Waals surface area contributed by atoms with Gasteiger partial charge in [0.1, 0.15) is 0 Å². The summed E-state index contributed by atoms with van der Waals surface area (Å²) in [5, 5.41) is 0.831. The summed E-state index contributed by atoms with van der Waals surface area (Å²) in [6, 6.07) is 13.6. The first-order chi connectivity index (χ1) is 13.7. The highest BCUT2D eigenvalue weighted by atomic mass is 32.1. The second-order valence-electron chi connectivity index (χ2n) is 6.38. The van der Waals surface area contributed by atoms with Crippen molar-refractivity contribution >= 4 is 38.4 Å². The Labute approximate surface area is 166 Å². The Bertz CT molecular complexity index is 1230. The van der Waals surface area contributed by atoms with Crippen molar-refractivity contribution in [1.82, 2.24) is 4.57 Å². The Morgan fingerprint density at radius 2 is 2.00 bits per heavy atom. The number of thiazole rings is 1.